The molecule has 0 bridgehead atoms. The minimum Gasteiger partial charge on any atom is -0.358 e. The van der Waals surface area contributed by atoms with E-state index in [1.807, 2.05) is 25.2 Å². The normalized spacial score (nSPS) is 17.7. The third-order valence-electron chi connectivity index (χ3n) is 6.22. The summed E-state index contributed by atoms with van der Waals surface area (Å²) in [6.45, 7) is 8.86. The summed E-state index contributed by atoms with van der Waals surface area (Å²) in [7, 11) is 2.03. The van der Waals surface area contributed by atoms with Gasteiger partial charge in [0.2, 0.25) is 0 Å². The first-order chi connectivity index (χ1) is 15.1. The largest absolute Gasteiger partial charge is 0.358 e. The van der Waals surface area contributed by atoms with Crippen LogP contribution >= 0.6 is 11.6 Å². The van der Waals surface area contributed by atoms with Gasteiger partial charge in [0.05, 0.1) is 16.1 Å². The minimum absolute atomic E-state index is 0.619. The first-order valence-electron chi connectivity index (χ1n) is 10.9. The van der Waals surface area contributed by atoms with Crippen LogP contribution in [0.3, 0.4) is 0 Å². The zero-order chi connectivity index (χ0) is 21.4. The third kappa shape index (κ3) is 3.92. The molecule has 3 aromatic rings. The number of benzene rings is 1. The number of nitrogens with zero attached hydrogens (tertiary/aromatic N) is 6. The Hall–Kier alpha value is -2.86. The fourth-order valence-corrected chi connectivity index (χ4v) is 4.67. The molecule has 0 N–H and O–H groups in total. The van der Waals surface area contributed by atoms with E-state index in [9.17, 15) is 0 Å². The molecule has 7 heteroatoms. The monoisotopic (exact) mass is 434 g/mol. The van der Waals surface area contributed by atoms with E-state index in [1.165, 1.54) is 11.4 Å². The van der Waals surface area contributed by atoms with Gasteiger partial charge in [-0.3, -0.25) is 4.99 Å². The smallest absolute Gasteiger partial charge is 0.142 e. The van der Waals surface area contributed by atoms with Crippen molar-refractivity contribution in [2.75, 3.05) is 37.6 Å². The van der Waals surface area contributed by atoms with Crippen LogP contribution in [0.25, 0.3) is 22.4 Å². The van der Waals surface area contributed by atoms with E-state index < -0.39 is 0 Å². The lowest BCUT2D eigenvalue weighted by Gasteiger charge is -2.28. The van der Waals surface area contributed by atoms with E-state index in [1.54, 1.807) is 6.20 Å². The van der Waals surface area contributed by atoms with Crippen LogP contribution in [0.5, 0.6) is 0 Å². The van der Waals surface area contributed by atoms with Gasteiger partial charge in [0.1, 0.15) is 17.5 Å². The molecule has 160 valence electrons. The Kier molecular flexibility index (Phi) is 5.40. The summed E-state index contributed by atoms with van der Waals surface area (Å²) in [6, 6.07) is 10.2. The van der Waals surface area contributed by atoms with E-state index in [0.29, 0.717) is 5.02 Å². The van der Waals surface area contributed by atoms with Crippen LogP contribution in [0.1, 0.15) is 19.3 Å². The molecule has 0 radical (unpaired) electrons. The highest BCUT2D eigenvalue weighted by Gasteiger charge is 2.22. The number of amidine groups is 1. The summed E-state index contributed by atoms with van der Waals surface area (Å²) >= 11 is 6.57. The standard InChI is InChI=1S/C24H27ClN6/c1-17-8-9-26-22(14-17)30-10-5-11-31(13-12-30)23-15-18(19(25)16-27-23)24-28-20-6-3-4-7-21(20)29(24)2/h3-4,6-7,15-16H,1,5,8-14H2,2H3. The number of halogens is 1. The average molecular weight is 435 g/mol. The number of hydrogen-bond acceptors (Lipinski definition) is 5. The maximum atomic E-state index is 6.57. The molecule has 31 heavy (non-hydrogen) atoms. The van der Waals surface area contributed by atoms with Gasteiger partial charge in [0.15, 0.2) is 0 Å². The van der Waals surface area contributed by atoms with Gasteiger partial charge in [-0.25, -0.2) is 9.97 Å². The lowest BCUT2D eigenvalue weighted by molar-refractivity contribution is 0.435. The van der Waals surface area contributed by atoms with E-state index in [-0.39, 0.29) is 0 Å². The summed E-state index contributed by atoms with van der Waals surface area (Å²) in [5.41, 5.74) is 4.26. The summed E-state index contributed by atoms with van der Waals surface area (Å²) in [5.74, 6) is 3.01. The first kappa shape index (κ1) is 20.1. The number of pyridine rings is 1. The summed E-state index contributed by atoms with van der Waals surface area (Å²) in [4.78, 5) is 19.0. The second kappa shape index (κ2) is 8.35. The van der Waals surface area contributed by atoms with E-state index in [2.05, 4.69) is 38.1 Å². The molecule has 1 fully saturated rings. The molecule has 0 atom stereocenters. The SMILES string of the molecule is C=C1CCN=C(N2CCCN(c3cc(-c4nc5ccccc5n4C)c(Cl)cn3)CC2)C1. The van der Waals surface area contributed by atoms with Crippen molar-refractivity contribution in [2.24, 2.45) is 12.0 Å². The maximum Gasteiger partial charge on any atom is 0.142 e. The zero-order valence-electron chi connectivity index (χ0n) is 17.9. The zero-order valence-corrected chi connectivity index (χ0v) is 18.6. The molecule has 6 nitrogen and oxygen atoms in total. The van der Waals surface area contributed by atoms with Crippen LogP contribution in [0.4, 0.5) is 5.82 Å². The van der Waals surface area contributed by atoms with Gasteiger partial charge < -0.3 is 14.4 Å². The number of aliphatic imine (C=N–C) groups is 1. The predicted molar refractivity (Wildman–Crippen MR) is 128 cm³/mol. The van der Waals surface area contributed by atoms with Crippen LogP contribution in [0, 0.1) is 0 Å². The van der Waals surface area contributed by atoms with Crippen molar-refractivity contribution in [1.82, 2.24) is 19.4 Å². The molecule has 2 aliphatic rings. The fraction of sp³-hybridized carbons (Fsp3) is 0.375. The van der Waals surface area contributed by atoms with Gasteiger partial charge in [-0.15, -0.1) is 0 Å². The molecular weight excluding hydrogens is 408 g/mol. The van der Waals surface area contributed by atoms with E-state index in [4.69, 9.17) is 21.6 Å². The van der Waals surface area contributed by atoms with Crippen LogP contribution in [0.2, 0.25) is 5.02 Å². The lowest BCUT2D eigenvalue weighted by Crippen LogP contribution is -2.36. The van der Waals surface area contributed by atoms with E-state index in [0.717, 1.165) is 80.2 Å². The highest BCUT2D eigenvalue weighted by molar-refractivity contribution is 6.33. The number of rotatable bonds is 2. The second-order valence-electron chi connectivity index (χ2n) is 8.31. The molecule has 1 aromatic carbocycles. The number of fused-ring (bicyclic) bond motifs is 1. The Labute approximate surface area is 187 Å². The third-order valence-corrected chi connectivity index (χ3v) is 6.52. The van der Waals surface area contributed by atoms with Gasteiger partial charge in [0.25, 0.3) is 0 Å². The lowest BCUT2D eigenvalue weighted by atomic mass is 10.1. The summed E-state index contributed by atoms with van der Waals surface area (Å²) in [5, 5.41) is 0.619. The highest BCUT2D eigenvalue weighted by Crippen LogP contribution is 2.32. The van der Waals surface area contributed by atoms with Crippen molar-refractivity contribution in [3.63, 3.8) is 0 Å². The van der Waals surface area contributed by atoms with Gasteiger partial charge in [-0.2, -0.15) is 0 Å². The molecule has 4 heterocycles. The van der Waals surface area contributed by atoms with Crippen molar-refractivity contribution in [3.8, 4) is 11.4 Å². The van der Waals surface area contributed by atoms with Crippen molar-refractivity contribution in [2.45, 2.75) is 19.3 Å². The Morgan fingerprint density at radius 1 is 1.06 bits per heavy atom. The van der Waals surface area contributed by atoms with Crippen LogP contribution in [0.15, 0.2) is 53.7 Å². The Morgan fingerprint density at radius 3 is 2.71 bits per heavy atom. The van der Waals surface area contributed by atoms with Crippen LogP contribution in [-0.2, 0) is 7.05 Å². The van der Waals surface area contributed by atoms with Gasteiger partial charge >= 0.3 is 0 Å². The number of para-hydroxylation sites is 2. The number of aromatic nitrogens is 3. The van der Waals surface area contributed by atoms with Crippen molar-refractivity contribution < 1.29 is 0 Å². The van der Waals surface area contributed by atoms with Gasteiger partial charge in [-0.05, 0) is 31.0 Å². The summed E-state index contributed by atoms with van der Waals surface area (Å²) in [6.07, 6.45) is 4.75. The minimum atomic E-state index is 0.619. The summed E-state index contributed by atoms with van der Waals surface area (Å²) < 4.78 is 2.10. The topological polar surface area (TPSA) is 49.5 Å². The predicted octanol–water partition coefficient (Wildman–Crippen LogP) is 4.55. The fourth-order valence-electron chi connectivity index (χ4n) is 4.49. The van der Waals surface area contributed by atoms with Gasteiger partial charge in [-0.1, -0.05) is 35.9 Å². The van der Waals surface area contributed by atoms with Crippen LogP contribution < -0.4 is 4.90 Å². The molecule has 0 amide bonds. The van der Waals surface area contributed by atoms with Crippen LogP contribution in [-0.4, -0.2) is 58.0 Å². The molecule has 0 aliphatic carbocycles. The number of aryl methyl sites for hydroxylation is 1. The first-order valence-corrected chi connectivity index (χ1v) is 11.2. The highest BCUT2D eigenvalue weighted by atomic mass is 35.5. The molecular formula is C24H27ClN6. The maximum absolute atomic E-state index is 6.57. The Morgan fingerprint density at radius 2 is 1.87 bits per heavy atom. The Bertz CT molecular complexity index is 1160. The van der Waals surface area contributed by atoms with Crippen molar-refractivity contribution in [3.05, 3.63) is 53.7 Å². The second-order valence-corrected chi connectivity index (χ2v) is 8.72. The van der Waals surface area contributed by atoms with E-state index >= 15 is 0 Å². The molecule has 0 unspecified atom stereocenters. The molecule has 2 aliphatic heterocycles. The van der Waals surface area contributed by atoms with Crippen molar-refractivity contribution >= 4 is 34.3 Å². The molecule has 0 saturated carbocycles. The average Bonchev–Trinajstić information content (AvgIpc) is 2.95. The molecule has 1 saturated heterocycles. The number of hydrogen-bond donors (Lipinski definition) is 0. The Balaban J connectivity index is 1.40. The van der Waals surface area contributed by atoms with Crippen molar-refractivity contribution in [1.29, 1.82) is 0 Å². The quantitative estimate of drug-likeness (QED) is 0.555. The molecule has 2 aromatic heterocycles. The number of anilines is 1. The molecule has 5 rings (SSSR count). The van der Waals surface area contributed by atoms with Gasteiger partial charge in [0, 0.05) is 58.0 Å². The molecule has 0 spiro atoms. The number of imidazole rings is 1.